The summed E-state index contributed by atoms with van der Waals surface area (Å²) in [5.41, 5.74) is 0. The number of carbonyl (C=O) groups excluding carboxylic acids is 2. The maximum atomic E-state index is 12.0. The molecule has 0 aliphatic heterocycles. The molecule has 0 heterocycles. The number of nitrogens with one attached hydrogen (secondary N) is 2. The molecule has 0 spiro atoms. The average molecular weight is 274 g/mol. The van der Waals surface area contributed by atoms with E-state index in [9.17, 15) is 9.59 Å². The van der Waals surface area contributed by atoms with Gasteiger partial charge in [-0.1, -0.05) is 20.3 Å². The van der Waals surface area contributed by atoms with Gasteiger partial charge in [0.1, 0.15) is 0 Å². The SMILES string of the molecule is CCCC(CCNC(=O)CC)C(=O)NC(CO)CO. The van der Waals surface area contributed by atoms with Gasteiger partial charge >= 0.3 is 0 Å². The van der Waals surface area contributed by atoms with Crippen molar-refractivity contribution in [3.8, 4) is 0 Å². The van der Waals surface area contributed by atoms with Crippen molar-refractivity contribution in [3.05, 3.63) is 0 Å². The van der Waals surface area contributed by atoms with E-state index in [2.05, 4.69) is 10.6 Å². The fourth-order valence-electron chi connectivity index (χ4n) is 1.73. The minimum atomic E-state index is -0.614. The Kier molecular flexibility index (Phi) is 10.1. The van der Waals surface area contributed by atoms with Gasteiger partial charge in [-0.2, -0.15) is 0 Å². The maximum absolute atomic E-state index is 12.0. The van der Waals surface area contributed by atoms with Gasteiger partial charge in [-0.25, -0.2) is 0 Å². The molecule has 0 saturated heterocycles. The highest BCUT2D eigenvalue weighted by molar-refractivity contribution is 5.79. The molecule has 0 aromatic rings. The lowest BCUT2D eigenvalue weighted by atomic mass is 9.98. The Labute approximate surface area is 114 Å². The van der Waals surface area contributed by atoms with E-state index in [0.717, 1.165) is 12.8 Å². The van der Waals surface area contributed by atoms with Crippen molar-refractivity contribution in [1.29, 1.82) is 0 Å². The largest absolute Gasteiger partial charge is 0.394 e. The summed E-state index contributed by atoms with van der Waals surface area (Å²) >= 11 is 0. The highest BCUT2D eigenvalue weighted by Gasteiger charge is 2.20. The second-order valence-corrected chi connectivity index (χ2v) is 4.55. The van der Waals surface area contributed by atoms with Crippen molar-refractivity contribution in [1.82, 2.24) is 10.6 Å². The summed E-state index contributed by atoms with van der Waals surface area (Å²) in [7, 11) is 0. The topological polar surface area (TPSA) is 98.7 Å². The monoisotopic (exact) mass is 274 g/mol. The third-order valence-corrected chi connectivity index (χ3v) is 2.93. The van der Waals surface area contributed by atoms with Crippen molar-refractivity contribution in [2.24, 2.45) is 5.92 Å². The molecule has 6 nitrogen and oxygen atoms in total. The van der Waals surface area contributed by atoms with Gasteiger partial charge in [0, 0.05) is 18.9 Å². The summed E-state index contributed by atoms with van der Waals surface area (Å²) in [6.45, 7) is 3.66. The average Bonchev–Trinajstić information content (AvgIpc) is 2.43. The Balaban J connectivity index is 4.21. The Hall–Kier alpha value is -1.14. The van der Waals surface area contributed by atoms with E-state index in [4.69, 9.17) is 10.2 Å². The van der Waals surface area contributed by atoms with E-state index >= 15 is 0 Å². The maximum Gasteiger partial charge on any atom is 0.223 e. The summed E-state index contributed by atoms with van der Waals surface area (Å²) in [5.74, 6) is -0.414. The second kappa shape index (κ2) is 10.8. The smallest absolute Gasteiger partial charge is 0.223 e. The zero-order valence-electron chi connectivity index (χ0n) is 11.8. The molecule has 0 aliphatic carbocycles. The molecule has 0 aliphatic rings. The lowest BCUT2D eigenvalue weighted by Gasteiger charge is -2.20. The van der Waals surface area contributed by atoms with Crippen LogP contribution in [0.4, 0.5) is 0 Å². The third kappa shape index (κ3) is 7.79. The fourth-order valence-corrected chi connectivity index (χ4v) is 1.73. The number of hydrogen-bond acceptors (Lipinski definition) is 4. The summed E-state index contributed by atoms with van der Waals surface area (Å²) in [6.07, 6.45) is 2.58. The molecule has 0 aromatic carbocycles. The molecule has 2 amide bonds. The third-order valence-electron chi connectivity index (χ3n) is 2.93. The number of aliphatic hydroxyl groups is 2. The van der Waals surface area contributed by atoms with Crippen LogP contribution >= 0.6 is 0 Å². The van der Waals surface area contributed by atoms with E-state index in [1.165, 1.54) is 0 Å². The summed E-state index contributed by atoms with van der Waals surface area (Å²) in [4.78, 5) is 23.1. The summed E-state index contributed by atoms with van der Waals surface area (Å²) in [6, 6.07) is -0.614. The van der Waals surface area contributed by atoms with Crippen molar-refractivity contribution in [2.45, 2.75) is 45.6 Å². The van der Waals surface area contributed by atoms with Crippen molar-refractivity contribution >= 4 is 11.8 Å². The second-order valence-electron chi connectivity index (χ2n) is 4.55. The van der Waals surface area contributed by atoms with Crippen molar-refractivity contribution in [2.75, 3.05) is 19.8 Å². The van der Waals surface area contributed by atoms with Crippen LogP contribution in [-0.2, 0) is 9.59 Å². The predicted molar refractivity (Wildman–Crippen MR) is 72.4 cm³/mol. The van der Waals surface area contributed by atoms with Gasteiger partial charge < -0.3 is 20.8 Å². The van der Waals surface area contributed by atoms with E-state index in [-0.39, 0.29) is 30.9 Å². The molecule has 0 radical (unpaired) electrons. The zero-order chi connectivity index (χ0) is 14.7. The van der Waals surface area contributed by atoms with E-state index in [1.54, 1.807) is 6.92 Å². The van der Waals surface area contributed by atoms with Gasteiger partial charge in [-0.15, -0.1) is 0 Å². The molecule has 0 rings (SSSR count). The van der Waals surface area contributed by atoms with Crippen LogP contribution in [0.1, 0.15) is 39.5 Å². The molecule has 0 saturated carbocycles. The van der Waals surface area contributed by atoms with Gasteiger partial charge in [0.25, 0.3) is 0 Å². The Morgan fingerprint density at radius 1 is 1.11 bits per heavy atom. The quantitative estimate of drug-likeness (QED) is 0.443. The van der Waals surface area contributed by atoms with Crippen LogP contribution in [0.2, 0.25) is 0 Å². The molecule has 0 fully saturated rings. The Bertz CT molecular complexity index is 267. The molecular formula is C13H26N2O4. The van der Waals surface area contributed by atoms with Gasteiger partial charge in [0.05, 0.1) is 19.3 Å². The Morgan fingerprint density at radius 2 is 1.74 bits per heavy atom. The lowest BCUT2D eigenvalue weighted by molar-refractivity contribution is -0.127. The molecule has 112 valence electrons. The lowest BCUT2D eigenvalue weighted by Crippen LogP contribution is -2.43. The molecule has 0 aromatic heterocycles. The molecular weight excluding hydrogens is 248 g/mol. The van der Waals surface area contributed by atoms with Crippen LogP contribution in [-0.4, -0.2) is 47.8 Å². The van der Waals surface area contributed by atoms with E-state index in [0.29, 0.717) is 19.4 Å². The molecule has 4 N–H and O–H groups in total. The first-order chi connectivity index (χ1) is 9.08. The standard InChI is InChI=1S/C13H26N2O4/c1-3-5-10(6-7-14-12(18)4-2)13(19)15-11(8-16)9-17/h10-11,16-17H,3-9H2,1-2H3,(H,14,18)(H,15,19). The molecule has 0 bridgehead atoms. The first kappa shape index (κ1) is 17.9. The van der Waals surface area contributed by atoms with Crippen LogP contribution in [0.5, 0.6) is 0 Å². The number of rotatable bonds is 10. The normalized spacial score (nSPS) is 12.3. The molecule has 6 heteroatoms. The highest BCUT2D eigenvalue weighted by Crippen LogP contribution is 2.11. The highest BCUT2D eigenvalue weighted by atomic mass is 16.3. The first-order valence-corrected chi connectivity index (χ1v) is 6.87. The first-order valence-electron chi connectivity index (χ1n) is 6.87. The van der Waals surface area contributed by atoms with Crippen molar-refractivity contribution < 1.29 is 19.8 Å². The summed E-state index contributed by atoms with van der Waals surface area (Å²) in [5, 5.41) is 23.2. The predicted octanol–water partition coefficient (Wildman–Crippen LogP) is -0.212. The van der Waals surface area contributed by atoms with Gasteiger partial charge in [0.2, 0.25) is 11.8 Å². The van der Waals surface area contributed by atoms with Crippen LogP contribution in [0, 0.1) is 5.92 Å². The number of carbonyl (C=O) groups is 2. The number of aliphatic hydroxyl groups excluding tert-OH is 2. The van der Waals surface area contributed by atoms with E-state index < -0.39 is 6.04 Å². The van der Waals surface area contributed by atoms with Crippen LogP contribution < -0.4 is 10.6 Å². The number of amides is 2. The Morgan fingerprint density at radius 3 is 2.21 bits per heavy atom. The fraction of sp³-hybridized carbons (Fsp3) is 0.846. The minimum absolute atomic E-state index is 0.0285. The van der Waals surface area contributed by atoms with Crippen LogP contribution in [0.25, 0.3) is 0 Å². The minimum Gasteiger partial charge on any atom is -0.394 e. The van der Waals surface area contributed by atoms with Crippen molar-refractivity contribution in [3.63, 3.8) is 0 Å². The van der Waals surface area contributed by atoms with E-state index in [1.807, 2.05) is 6.92 Å². The molecule has 19 heavy (non-hydrogen) atoms. The molecule has 1 unspecified atom stereocenters. The molecule has 1 atom stereocenters. The van der Waals surface area contributed by atoms with Crippen LogP contribution in [0.3, 0.4) is 0 Å². The summed E-state index contributed by atoms with van der Waals surface area (Å²) < 4.78 is 0. The van der Waals surface area contributed by atoms with Gasteiger partial charge in [-0.3, -0.25) is 9.59 Å². The van der Waals surface area contributed by atoms with Gasteiger partial charge in [-0.05, 0) is 12.8 Å². The van der Waals surface area contributed by atoms with Gasteiger partial charge in [0.15, 0.2) is 0 Å². The number of hydrogen-bond donors (Lipinski definition) is 4. The van der Waals surface area contributed by atoms with Crippen LogP contribution in [0.15, 0.2) is 0 Å². The zero-order valence-corrected chi connectivity index (χ0v) is 11.8.